The molecule has 0 bridgehead atoms. The second-order valence-corrected chi connectivity index (χ2v) is 5.91. The molecule has 0 aliphatic rings. The lowest BCUT2D eigenvalue weighted by Gasteiger charge is -2.10. The Balaban J connectivity index is 2.34. The summed E-state index contributed by atoms with van der Waals surface area (Å²) in [7, 11) is -2.93. The number of methoxy groups -OCH3 is 1. The predicted octanol–water partition coefficient (Wildman–Crippen LogP) is 1.42. The zero-order chi connectivity index (χ0) is 15.5. The first-order valence-electron chi connectivity index (χ1n) is 5.93. The first kappa shape index (κ1) is 15.2. The van der Waals surface area contributed by atoms with Crippen LogP contribution in [0.1, 0.15) is 15.9 Å². The third-order valence-corrected chi connectivity index (χ3v) is 4.21. The third-order valence-electron chi connectivity index (χ3n) is 2.77. The Kier molecular flexibility index (Phi) is 4.39. The number of sulfonamides is 1. The van der Waals surface area contributed by atoms with Gasteiger partial charge in [-0.3, -0.25) is 0 Å². The third kappa shape index (κ3) is 3.47. The fourth-order valence-electron chi connectivity index (χ4n) is 1.72. The molecule has 0 radical (unpaired) electrons. The standard InChI is InChI=1S/C13H13FN2O4S/c1-20-13(17)11-3-2-10(14)6-12(11)21(18,19)16-8-9-4-5-15-7-9/h2-7,15-16H,8H2,1H3. The van der Waals surface area contributed by atoms with Crippen LogP contribution >= 0.6 is 0 Å². The van der Waals surface area contributed by atoms with Crippen LogP contribution in [-0.4, -0.2) is 26.5 Å². The Labute approximate surface area is 121 Å². The molecule has 2 N–H and O–H groups in total. The van der Waals surface area contributed by atoms with Crippen molar-refractivity contribution >= 4 is 16.0 Å². The van der Waals surface area contributed by atoms with Gasteiger partial charge in [0, 0.05) is 18.9 Å². The summed E-state index contributed by atoms with van der Waals surface area (Å²) in [6, 6.07) is 4.55. The lowest BCUT2D eigenvalue weighted by molar-refractivity contribution is 0.0596. The number of H-pyrrole nitrogens is 1. The smallest absolute Gasteiger partial charge is 0.339 e. The first-order valence-corrected chi connectivity index (χ1v) is 7.41. The van der Waals surface area contributed by atoms with E-state index in [0.29, 0.717) is 5.56 Å². The number of nitrogens with one attached hydrogen (secondary N) is 2. The SMILES string of the molecule is COC(=O)c1ccc(F)cc1S(=O)(=O)NCc1cc[nH]c1. The monoisotopic (exact) mass is 312 g/mol. The molecule has 8 heteroatoms. The Hall–Kier alpha value is -2.19. The van der Waals surface area contributed by atoms with Crippen LogP contribution in [0.15, 0.2) is 41.6 Å². The van der Waals surface area contributed by atoms with Crippen molar-refractivity contribution in [3.63, 3.8) is 0 Å². The van der Waals surface area contributed by atoms with Crippen molar-refractivity contribution in [3.8, 4) is 0 Å². The molecule has 0 saturated heterocycles. The molecule has 0 atom stereocenters. The van der Waals surface area contributed by atoms with E-state index in [-0.39, 0.29) is 12.1 Å². The zero-order valence-electron chi connectivity index (χ0n) is 11.1. The highest BCUT2D eigenvalue weighted by Crippen LogP contribution is 2.18. The minimum atomic E-state index is -4.05. The van der Waals surface area contributed by atoms with Crippen molar-refractivity contribution in [2.24, 2.45) is 0 Å². The summed E-state index contributed by atoms with van der Waals surface area (Å²) in [6.45, 7) is 0.0168. The number of benzene rings is 1. The van der Waals surface area contributed by atoms with Crippen LogP contribution in [0.4, 0.5) is 4.39 Å². The van der Waals surface area contributed by atoms with E-state index >= 15 is 0 Å². The highest BCUT2D eigenvalue weighted by molar-refractivity contribution is 7.89. The van der Waals surface area contributed by atoms with Gasteiger partial charge < -0.3 is 9.72 Å². The summed E-state index contributed by atoms with van der Waals surface area (Å²) in [5.41, 5.74) is 0.482. The molecule has 6 nitrogen and oxygen atoms in total. The van der Waals surface area contributed by atoms with E-state index in [1.165, 1.54) is 0 Å². The second-order valence-electron chi connectivity index (χ2n) is 4.18. The van der Waals surface area contributed by atoms with Gasteiger partial charge in [0.1, 0.15) is 5.82 Å². The minimum absolute atomic E-state index is 0.0168. The fourth-order valence-corrected chi connectivity index (χ4v) is 2.94. The van der Waals surface area contributed by atoms with Gasteiger partial charge in [0.05, 0.1) is 17.6 Å². The molecule has 1 aromatic carbocycles. The number of ether oxygens (including phenoxy) is 1. The van der Waals surface area contributed by atoms with E-state index in [4.69, 9.17) is 0 Å². The van der Waals surface area contributed by atoms with E-state index in [0.717, 1.165) is 25.3 Å². The molecule has 2 aromatic rings. The largest absolute Gasteiger partial charge is 0.465 e. The number of carbonyl (C=O) groups is 1. The molecular weight excluding hydrogens is 299 g/mol. The van der Waals surface area contributed by atoms with Gasteiger partial charge in [-0.15, -0.1) is 0 Å². The Morgan fingerprint density at radius 2 is 2.14 bits per heavy atom. The molecule has 0 saturated carbocycles. The van der Waals surface area contributed by atoms with Crippen LogP contribution in [-0.2, 0) is 21.3 Å². The van der Waals surface area contributed by atoms with Gasteiger partial charge in [-0.25, -0.2) is 22.3 Å². The van der Waals surface area contributed by atoms with Crippen molar-refractivity contribution in [3.05, 3.63) is 53.6 Å². The number of aromatic amines is 1. The van der Waals surface area contributed by atoms with Gasteiger partial charge in [0.15, 0.2) is 0 Å². The fraction of sp³-hybridized carbons (Fsp3) is 0.154. The Bertz CT molecular complexity index is 742. The van der Waals surface area contributed by atoms with Gasteiger partial charge in [0.25, 0.3) is 0 Å². The van der Waals surface area contributed by atoms with E-state index in [1.807, 2.05) is 0 Å². The van der Waals surface area contributed by atoms with Crippen LogP contribution in [0.3, 0.4) is 0 Å². The molecule has 0 aliphatic heterocycles. The molecule has 21 heavy (non-hydrogen) atoms. The van der Waals surface area contributed by atoms with Gasteiger partial charge in [0.2, 0.25) is 10.0 Å². The van der Waals surface area contributed by atoms with E-state index in [2.05, 4.69) is 14.4 Å². The molecule has 0 spiro atoms. The van der Waals surface area contributed by atoms with Gasteiger partial charge in [-0.2, -0.15) is 0 Å². The molecule has 112 valence electrons. The molecule has 1 aromatic heterocycles. The highest BCUT2D eigenvalue weighted by Gasteiger charge is 2.23. The van der Waals surface area contributed by atoms with Crippen molar-refractivity contribution < 1.29 is 22.3 Å². The van der Waals surface area contributed by atoms with Crippen molar-refractivity contribution in [1.29, 1.82) is 0 Å². The molecule has 0 unspecified atom stereocenters. The average molecular weight is 312 g/mol. The second kappa shape index (κ2) is 6.06. The predicted molar refractivity (Wildman–Crippen MR) is 72.6 cm³/mol. The number of carbonyl (C=O) groups excluding carboxylic acids is 1. The summed E-state index contributed by atoms with van der Waals surface area (Å²) in [4.78, 5) is 13.9. The number of hydrogen-bond donors (Lipinski definition) is 2. The Morgan fingerprint density at radius 1 is 1.38 bits per heavy atom. The van der Waals surface area contributed by atoms with E-state index in [1.54, 1.807) is 18.5 Å². The lowest BCUT2D eigenvalue weighted by atomic mass is 10.2. The number of esters is 1. The maximum absolute atomic E-state index is 13.3. The first-order chi connectivity index (χ1) is 9.94. The topological polar surface area (TPSA) is 88.3 Å². The van der Waals surface area contributed by atoms with E-state index < -0.39 is 26.7 Å². The van der Waals surface area contributed by atoms with Gasteiger partial charge in [-0.05, 0) is 29.8 Å². The van der Waals surface area contributed by atoms with Gasteiger partial charge >= 0.3 is 5.97 Å². The van der Waals surface area contributed by atoms with Crippen molar-refractivity contribution in [2.45, 2.75) is 11.4 Å². The van der Waals surface area contributed by atoms with Crippen LogP contribution < -0.4 is 4.72 Å². The summed E-state index contributed by atoms with van der Waals surface area (Å²) < 4.78 is 44.6. The maximum atomic E-state index is 13.3. The van der Waals surface area contributed by atoms with Crippen LogP contribution in [0, 0.1) is 5.82 Å². The average Bonchev–Trinajstić information content (AvgIpc) is 2.98. The minimum Gasteiger partial charge on any atom is -0.465 e. The number of aromatic nitrogens is 1. The molecule has 0 amide bonds. The molecule has 0 fully saturated rings. The summed E-state index contributed by atoms with van der Waals surface area (Å²) in [5.74, 6) is -1.61. The summed E-state index contributed by atoms with van der Waals surface area (Å²) in [6.07, 6.45) is 3.26. The van der Waals surface area contributed by atoms with Crippen LogP contribution in [0.2, 0.25) is 0 Å². The summed E-state index contributed by atoms with van der Waals surface area (Å²) >= 11 is 0. The molecular formula is C13H13FN2O4S. The number of rotatable bonds is 5. The normalized spacial score (nSPS) is 11.3. The molecule has 1 heterocycles. The quantitative estimate of drug-likeness (QED) is 0.817. The van der Waals surface area contributed by atoms with Crippen molar-refractivity contribution in [1.82, 2.24) is 9.71 Å². The Morgan fingerprint density at radius 3 is 2.76 bits per heavy atom. The number of hydrogen-bond acceptors (Lipinski definition) is 4. The van der Waals surface area contributed by atoms with Gasteiger partial charge in [-0.1, -0.05) is 0 Å². The zero-order valence-corrected chi connectivity index (χ0v) is 11.9. The molecule has 0 aliphatic carbocycles. The summed E-state index contributed by atoms with van der Waals surface area (Å²) in [5, 5.41) is 0. The van der Waals surface area contributed by atoms with Crippen molar-refractivity contribution in [2.75, 3.05) is 7.11 Å². The van der Waals surface area contributed by atoms with E-state index in [9.17, 15) is 17.6 Å². The lowest BCUT2D eigenvalue weighted by Crippen LogP contribution is -2.25. The highest BCUT2D eigenvalue weighted by atomic mass is 32.2. The number of halogens is 1. The maximum Gasteiger partial charge on any atom is 0.339 e. The van der Waals surface area contributed by atoms with Crippen LogP contribution in [0.25, 0.3) is 0 Å². The van der Waals surface area contributed by atoms with Crippen LogP contribution in [0.5, 0.6) is 0 Å². The molecule has 2 rings (SSSR count).